The molecule has 0 heterocycles. The van der Waals surface area contributed by atoms with Crippen molar-refractivity contribution in [1.29, 1.82) is 0 Å². The van der Waals surface area contributed by atoms with Crippen molar-refractivity contribution < 1.29 is 14.6 Å². The number of carboxylic acids is 1. The van der Waals surface area contributed by atoms with E-state index in [2.05, 4.69) is 6.92 Å². The van der Waals surface area contributed by atoms with Crippen molar-refractivity contribution in [3.8, 4) is 0 Å². The first-order valence-corrected chi connectivity index (χ1v) is 9.04. The van der Waals surface area contributed by atoms with E-state index in [9.17, 15) is 9.90 Å². The van der Waals surface area contributed by atoms with Crippen molar-refractivity contribution >= 4 is 5.97 Å². The molecule has 0 saturated carbocycles. The van der Waals surface area contributed by atoms with Crippen molar-refractivity contribution in [2.45, 2.75) is 70.6 Å². The number of carboxylic acid groups (broad SMARTS) is 1. The standard InChI is InChI=1S/C20H32O3/c1-3-5-6-7-8-12-15-20(19(21)22,17-23-16-4-2)18-13-10-9-11-14-18/h9-11,13-14H,3-8,12,15-17H2,1-2H3,(H,21,22). The number of hydrogen-bond acceptors (Lipinski definition) is 2. The summed E-state index contributed by atoms with van der Waals surface area (Å²) in [7, 11) is 0. The third-order valence-electron chi connectivity index (χ3n) is 4.39. The van der Waals surface area contributed by atoms with E-state index < -0.39 is 11.4 Å². The molecule has 1 aromatic carbocycles. The Morgan fingerprint density at radius 3 is 2.26 bits per heavy atom. The monoisotopic (exact) mass is 320 g/mol. The van der Waals surface area contributed by atoms with Gasteiger partial charge in [-0.2, -0.15) is 0 Å². The van der Waals surface area contributed by atoms with Crippen LogP contribution in [-0.4, -0.2) is 24.3 Å². The first-order chi connectivity index (χ1) is 11.2. The van der Waals surface area contributed by atoms with Crippen LogP contribution in [0.1, 0.15) is 70.8 Å². The van der Waals surface area contributed by atoms with Gasteiger partial charge in [0.2, 0.25) is 0 Å². The van der Waals surface area contributed by atoms with Gasteiger partial charge in [0.25, 0.3) is 0 Å². The maximum atomic E-state index is 12.1. The Kier molecular flexibility index (Phi) is 9.61. The summed E-state index contributed by atoms with van der Waals surface area (Å²) in [6.45, 7) is 5.11. The Hall–Kier alpha value is -1.35. The lowest BCUT2D eigenvalue weighted by Gasteiger charge is -2.30. The largest absolute Gasteiger partial charge is 0.481 e. The molecular weight excluding hydrogens is 288 g/mol. The lowest BCUT2D eigenvalue weighted by molar-refractivity contribution is -0.147. The van der Waals surface area contributed by atoms with Crippen molar-refractivity contribution in [1.82, 2.24) is 0 Å². The predicted octanol–water partition coefficient (Wildman–Crippen LogP) is 5.19. The van der Waals surface area contributed by atoms with Crippen LogP contribution in [0.25, 0.3) is 0 Å². The molecule has 0 radical (unpaired) electrons. The topological polar surface area (TPSA) is 46.5 Å². The molecule has 1 aromatic rings. The van der Waals surface area contributed by atoms with Crippen molar-refractivity contribution in [3.63, 3.8) is 0 Å². The average molecular weight is 320 g/mol. The van der Waals surface area contributed by atoms with E-state index in [1.807, 2.05) is 37.3 Å². The third kappa shape index (κ3) is 6.34. The van der Waals surface area contributed by atoms with E-state index in [4.69, 9.17) is 4.74 Å². The van der Waals surface area contributed by atoms with Gasteiger partial charge in [-0.3, -0.25) is 4.79 Å². The van der Waals surface area contributed by atoms with Gasteiger partial charge in [-0.1, -0.05) is 82.7 Å². The molecule has 0 fully saturated rings. The van der Waals surface area contributed by atoms with Crippen LogP contribution in [0.3, 0.4) is 0 Å². The van der Waals surface area contributed by atoms with Gasteiger partial charge in [0.1, 0.15) is 5.41 Å². The van der Waals surface area contributed by atoms with Gasteiger partial charge in [-0.15, -0.1) is 0 Å². The number of carbonyl (C=O) groups is 1. The average Bonchev–Trinajstić information content (AvgIpc) is 2.57. The van der Waals surface area contributed by atoms with Crippen LogP contribution in [-0.2, 0) is 14.9 Å². The van der Waals surface area contributed by atoms with Gasteiger partial charge < -0.3 is 9.84 Å². The van der Waals surface area contributed by atoms with Crippen molar-refractivity contribution in [2.24, 2.45) is 0 Å². The number of unbranched alkanes of at least 4 members (excludes halogenated alkanes) is 5. The zero-order chi connectivity index (χ0) is 17.0. The first-order valence-electron chi connectivity index (χ1n) is 9.04. The molecule has 0 bridgehead atoms. The van der Waals surface area contributed by atoms with Crippen LogP contribution >= 0.6 is 0 Å². The van der Waals surface area contributed by atoms with Crippen LogP contribution in [0.4, 0.5) is 0 Å². The summed E-state index contributed by atoms with van der Waals surface area (Å²) in [6.07, 6.45) is 8.50. The Bertz CT molecular complexity index is 430. The molecule has 23 heavy (non-hydrogen) atoms. The Labute approximate surface area is 141 Å². The van der Waals surface area contributed by atoms with Crippen LogP contribution in [0, 0.1) is 0 Å². The molecule has 0 aliphatic carbocycles. The molecule has 1 rings (SSSR count). The highest BCUT2D eigenvalue weighted by atomic mass is 16.5. The second-order valence-electron chi connectivity index (χ2n) is 6.32. The van der Waals surface area contributed by atoms with Gasteiger partial charge in [0, 0.05) is 6.61 Å². The molecule has 0 aromatic heterocycles. The lowest BCUT2D eigenvalue weighted by atomic mass is 9.76. The minimum absolute atomic E-state index is 0.259. The summed E-state index contributed by atoms with van der Waals surface area (Å²) in [5.41, 5.74) is -0.0570. The zero-order valence-electron chi connectivity index (χ0n) is 14.7. The third-order valence-corrected chi connectivity index (χ3v) is 4.39. The summed E-state index contributed by atoms with van der Waals surface area (Å²) in [5, 5.41) is 9.94. The molecule has 1 N–H and O–H groups in total. The summed E-state index contributed by atoms with van der Waals surface area (Å²) < 4.78 is 5.68. The van der Waals surface area contributed by atoms with Crippen LogP contribution in [0.15, 0.2) is 30.3 Å². The highest BCUT2D eigenvalue weighted by Gasteiger charge is 2.40. The van der Waals surface area contributed by atoms with E-state index in [1.165, 1.54) is 25.7 Å². The lowest BCUT2D eigenvalue weighted by Crippen LogP contribution is -2.40. The van der Waals surface area contributed by atoms with E-state index >= 15 is 0 Å². The normalized spacial score (nSPS) is 13.7. The SMILES string of the molecule is CCCCCCCCC(COCCC)(C(=O)O)c1ccccc1. The summed E-state index contributed by atoms with van der Waals surface area (Å²) in [4.78, 5) is 12.1. The Morgan fingerprint density at radius 1 is 1.00 bits per heavy atom. The van der Waals surface area contributed by atoms with E-state index in [1.54, 1.807) is 0 Å². The second kappa shape index (κ2) is 11.2. The molecule has 130 valence electrons. The number of ether oxygens (including phenoxy) is 1. The first kappa shape index (κ1) is 19.7. The molecule has 3 heteroatoms. The molecule has 0 aliphatic heterocycles. The molecule has 0 amide bonds. The summed E-state index contributed by atoms with van der Waals surface area (Å²) >= 11 is 0. The molecule has 1 atom stereocenters. The van der Waals surface area contributed by atoms with Crippen molar-refractivity contribution in [3.05, 3.63) is 35.9 Å². The van der Waals surface area contributed by atoms with Gasteiger partial charge >= 0.3 is 5.97 Å². The predicted molar refractivity (Wildman–Crippen MR) is 94.9 cm³/mol. The molecule has 1 unspecified atom stereocenters. The number of aliphatic carboxylic acids is 1. The smallest absolute Gasteiger partial charge is 0.316 e. The van der Waals surface area contributed by atoms with Crippen LogP contribution in [0.5, 0.6) is 0 Å². The van der Waals surface area contributed by atoms with Crippen LogP contribution < -0.4 is 0 Å². The maximum Gasteiger partial charge on any atom is 0.316 e. The number of rotatable bonds is 13. The molecule has 3 nitrogen and oxygen atoms in total. The maximum absolute atomic E-state index is 12.1. The fraction of sp³-hybridized carbons (Fsp3) is 0.650. The van der Waals surface area contributed by atoms with Gasteiger partial charge in [0.15, 0.2) is 0 Å². The molecule has 0 spiro atoms. The van der Waals surface area contributed by atoms with Gasteiger partial charge in [-0.05, 0) is 18.4 Å². The minimum atomic E-state index is -0.915. The highest BCUT2D eigenvalue weighted by Crippen LogP contribution is 2.31. The van der Waals surface area contributed by atoms with E-state index in [0.717, 1.165) is 24.8 Å². The van der Waals surface area contributed by atoms with Crippen LogP contribution in [0.2, 0.25) is 0 Å². The van der Waals surface area contributed by atoms with E-state index in [-0.39, 0.29) is 6.61 Å². The quantitative estimate of drug-likeness (QED) is 0.509. The second-order valence-corrected chi connectivity index (χ2v) is 6.32. The fourth-order valence-corrected chi connectivity index (χ4v) is 2.95. The molecule has 0 aliphatic rings. The summed E-state index contributed by atoms with van der Waals surface area (Å²) in [6, 6.07) is 9.58. The zero-order valence-corrected chi connectivity index (χ0v) is 14.7. The van der Waals surface area contributed by atoms with Gasteiger partial charge in [-0.25, -0.2) is 0 Å². The van der Waals surface area contributed by atoms with E-state index in [0.29, 0.717) is 13.0 Å². The number of hydrogen-bond donors (Lipinski definition) is 1. The fourth-order valence-electron chi connectivity index (χ4n) is 2.95. The Morgan fingerprint density at radius 2 is 1.65 bits per heavy atom. The molecular formula is C20H32O3. The Balaban J connectivity index is 2.75. The van der Waals surface area contributed by atoms with Gasteiger partial charge in [0.05, 0.1) is 6.61 Å². The highest BCUT2D eigenvalue weighted by molar-refractivity contribution is 5.81. The summed E-state index contributed by atoms with van der Waals surface area (Å²) in [5.74, 6) is -0.770. The van der Waals surface area contributed by atoms with Crippen molar-refractivity contribution in [2.75, 3.05) is 13.2 Å². The molecule has 0 saturated heterocycles. The number of benzene rings is 1. The minimum Gasteiger partial charge on any atom is -0.481 e.